The second-order valence-electron chi connectivity index (χ2n) is 6.21. The summed E-state index contributed by atoms with van der Waals surface area (Å²) >= 11 is 0. The minimum absolute atomic E-state index is 0.581. The highest BCUT2D eigenvalue weighted by Crippen LogP contribution is 2.38. The van der Waals surface area contributed by atoms with E-state index in [-0.39, 0.29) is 0 Å². The van der Waals surface area contributed by atoms with Gasteiger partial charge in [0.2, 0.25) is 0 Å². The highest BCUT2D eigenvalue weighted by Gasteiger charge is 2.22. The first-order valence-corrected chi connectivity index (χ1v) is 8.06. The average molecular weight is 282 g/mol. The smallest absolute Gasteiger partial charge is 0.101 e. The van der Waals surface area contributed by atoms with Crippen molar-refractivity contribution in [3.8, 4) is 6.07 Å². The molecule has 0 amide bonds. The predicted octanol–water partition coefficient (Wildman–Crippen LogP) is 4.95. The van der Waals surface area contributed by atoms with Crippen LogP contribution in [0.4, 0.5) is 5.69 Å². The molecule has 0 aromatic heterocycles. The van der Waals surface area contributed by atoms with Crippen molar-refractivity contribution >= 4 is 11.8 Å². The molecule has 1 heterocycles. The first-order valence-electron chi connectivity index (χ1n) is 8.06. The quantitative estimate of drug-likeness (QED) is 0.764. The number of rotatable bonds is 5. The van der Waals surface area contributed by atoms with Crippen LogP contribution < -0.4 is 4.90 Å². The lowest BCUT2D eigenvalue weighted by Crippen LogP contribution is -2.23. The van der Waals surface area contributed by atoms with Crippen LogP contribution in [0, 0.1) is 17.2 Å². The summed E-state index contributed by atoms with van der Waals surface area (Å²) in [6.45, 7) is 7.75. The number of fused-ring (bicyclic) bond motifs is 1. The molecular formula is C19H26N2. The maximum Gasteiger partial charge on any atom is 0.101 e. The van der Waals surface area contributed by atoms with Gasteiger partial charge in [-0.3, -0.25) is 0 Å². The molecule has 112 valence electrons. The Morgan fingerprint density at radius 2 is 2.05 bits per heavy atom. The van der Waals surface area contributed by atoms with Crippen molar-refractivity contribution < 1.29 is 0 Å². The standard InChI is InChI=1S/C19H26N2/c1-5-14(3)12-15(6-2)17-10-9-16(13-20)19-18(17)8-7-11-21(19)4/h7-10,14-15H,5-6,11-12H2,1-4H3. The molecule has 2 heteroatoms. The first-order chi connectivity index (χ1) is 10.1. The van der Waals surface area contributed by atoms with Gasteiger partial charge in [-0.05, 0) is 36.3 Å². The zero-order valence-corrected chi connectivity index (χ0v) is 13.7. The number of hydrogen-bond acceptors (Lipinski definition) is 2. The molecule has 0 radical (unpaired) electrons. The van der Waals surface area contributed by atoms with E-state index in [0.717, 1.165) is 30.1 Å². The molecule has 0 fully saturated rings. The molecule has 1 aliphatic rings. The second-order valence-corrected chi connectivity index (χ2v) is 6.21. The summed E-state index contributed by atoms with van der Waals surface area (Å²) in [7, 11) is 2.07. The molecule has 0 bridgehead atoms. The van der Waals surface area contributed by atoms with Crippen LogP contribution in [0.3, 0.4) is 0 Å². The lowest BCUT2D eigenvalue weighted by atomic mass is 9.82. The monoisotopic (exact) mass is 282 g/mol. The second kappa shape index (κ2) is 6.80. The van der Waals surface area contributed by atoms with Crippen molar-refractivity contribution in [3.63, 3.8) is 0 Å². The van der Waals surface area contributed by atoms with Gasteiger partial charge in [0.25, 0.3) is 0 Å². The normalized spacial score (nSPS) is 16.2. The molecule has 0 saturated carbocycles. The Balaban J connectivity index is 2.48. The lowest BCUT2D eigenvalue weighted by Gasteiger charge is -2.29. The number of nitrogens with zero attached hydrogens (tertiary/aromatic N) is 2. The van der Waals surface area contributed by atoms with Gasteiger partial charge in [-0.2, -0.15) is 5.26 Å². The van der Waals surface area contributed by atoms with Gasteiger partial charge in [0.05, 0.1) is 11.3 Å². The maximum atomic E-state index is 9.38. The minimum atomic E-state index is 0.581. The zero-order valence-electron chi connectivity index (χ0n) is 13.7. The van der Waals surface area contributed by atoms with Gasteiger partial charge in [0, 0.05) is 19.2 Å². The third-order valence-electron chi connectivity index (χ3n) is 4.73. The average Bonchev–Trinajstić information content (AvgIpc) is 2.51. The van der Waals surface area contributed by atoms with Crippen LogP contribution >= 0.6 is 0 Å². The molecule has 2 rings (SSSR count). The fraction of sp³-hybridized carbons (Fsp3) is 0.526. The number of nitriles is 1. The Morgan fingerprint density at radius 3 is 2.67 bits per heavy atom. The Bertz CT molecular complexity index is 566. The molecule has 0 N–H and O–H groups in total. The van der Waals surface area contributed by atoms with Gasteiger partial charge in [0.15, 0.2) is 0 Å². The lowest BCUT2D eigenvalue weighted by molar-refractivity contribution is 0.446. The number of hydrogen-bond donors (Lipinski definition) is 0. The van der Waals surface area contributed by atoms with E-state index in [4.69, 9.17) is 0 Å². The van der Waals surface area contributed by atoms with Gasteiger partial charge >= 0.3 is 0 Å². The zero-order chi connectivity index (χ0) is 15.4. The van der Waals surface area contributed by atoms with E-state index in [0.29, 0.717) is 5.92 Å². The number of benzene rings is 1. The Labute approximate surface area is 129 Å². The van der Waals surface area contributed by atoms with Crippen LogP contribution in [0.25, 0.3) is 6.08 Å². The maximum absolute atomic E-state index is 9.38. The van der Waals surface area contributed by atoms with E-state index in [1.54, 1.807) is 0 Å². The molecule has 0 spiro atoms. The van der Waals surface area contributed by atoms with E-state index >= 15 is 0 Å². The van der Waals surface area contributed by atoms with Gasteiger partial charge < -0.3 is 4.90 Å². The molecule has 1 aromatic carbocycles. The minimum Gasteiger partial charge on any atom is -0.369 e. The van der Waals surface area contributed by atoms with Gasteiger partial charge in [-0.15, -0.1) is 0 Å². The molecule has 2 nitrogen and oxygen atoms in total. The van der Waals surface area contributed by atoms with E-state index in [1.807, 2.05) is 6.07 Å². The largest absolute Gasteiger partial charge is 0.369 e. The number of anilines is 1. The van der Waals surface area contributed by atoms with Crippen molar-refractivity contribution in [3.05, 3.63) is 34.9 Å². The third kappa shape index (κ3) is 3.13. The SMILES string of the molecule is CCC(C)CC(CC)c1ccc(C#N)c2c1C=CCN2C. The van der Waals surface area contributed by atoms with Crippen molar-refractivity contribution in [1.82, 2.24) is 0 Å². The van der Waals surface area contributed by atoms with Gasteiger partial charge in [-0.25, -0.2) is 0 Å². The molecule has 21 heavy (non-hydrogen) atoms. The highest BCUT2D eigenvalue weighted by molar-refractivity contribution is 5.79. The van der Waals surface area contributed by atoms with Crippen molar-refractivity contribution in [2.75, 3.05) is 18.5 Å². The Morgan fingerprint density at radius 1 is 1.29 bits per heavy atom. The summed E-state index contributed by atoms with van der Waals surface area (Å²) in [4.78, 5) is 2.19. The van der Waals surface area contributed by atoms with Crippen molar-refractivity contribution in [2.24, 2.45) is 5.92 Å². The van der Waals surface area contributed by atoms with Crippen LogP contribution in [0.15, 0.2) is 18.2 Å². The molecule has 0 saturated heterocycles. The van der Waals surface area contributed by atoms with Crippen molar-refractivity contribution in [2.45, 2.75) is 46.0 Å². The first kappa shape index (κ1) is 15.6. The fourth-order valence-corrected chi connectivity index (χ4v) is 3.24. The van der Waals surface area contributed by atoms with E-state index in [1.165, 1.54) is 24.0 Å². The molecule has 1 aromatic rings. The topological polar surface area (TPSA) is 27.0 Å². The molecular weight excluding hydrogens is 256 g/mol. The van der Waals surface area contributed by atoms with Crippen LogP contribution in [0.1, 0.15) is 62.6 Å². The Kier molecular flexibility index (Phi) is 5.07. The summed E-state index contributed by atoms with van der Waals surface area (Å²) in [6.07, 6.45) is 8.02. The summed E-state index contributed by atoms with van der Waals surface area (Å²) in [5.41, 5.74) is 4.58. The summed E-state index contributed by atoms with van der Waals surface area (Å²) in [6, 6.07) is 6.53. The van der Waals surface area contributed by atoms with Crippen LogP contribution in [-0.4, -0.2) is 13.6 Å². The van der Waals surface area contributed by atoms with E-state index in [9.17, 15) is 5.26 Å². The van der Waals surface area contributed by atoms with Gasteiger partial charge in [0.1, 0.15) is 6.07 Å². The molecule has 0 aliphatic carbocycles. The highest BCUT2D eigenvalue weighted by atomic mass is 15.1. The van der Waals surface area contributed by atoms with Crippen molar-refractivity contribution in [1.29, 1.82) is 5.26 Å². The van der Waals surface area contributed by atoms with E-state index in [2.05, 4.69) is 57.0 Å². The molecule has 1 aliphatic heterocycles. The number of likely N-dealkylation sites (N-methyl/N-ethyl adjacent to an activating group) is 1. The van der Waals surface area contributed by atoms with Crippen LogP contribution in [-0.2, 0) is 0 Å². The Hall–Kier alpha value is -1.75. The molecule has 2 atom stereocenters. The fourth-order valence-electron chi connectivity index (χ4n) is 3.24. The summed E-state index contributed by atoms with van der Waals surface area (Å²) in [5, 5.41) is 9.38. The van der Waals surface area contributed by atoms with Gasteiger partial charge in [-0.1, -0.05) is 45.4 Å². The molecule has 2 unspecified atom stereocenters. The predicted molar refractivity (Wildman–Crippen MR) is 90.6 cm³/mol. The van der Waals surface area contributed by atoms with Crippen LogP contribution in [0.5, 0.6) is 0 Å². The van der Waals surface area contributed by atoms with E-state index < -0.39 is 0 Å². The summed E-state index contributed by atoms with van der Waals surface area (Å²) < 4.78 is 0. The summed E-state index contributed by atoms with van der Waals surface area (Å²) in [5.74, 6) is 1.32. The third-order valence-corrected chi connectivity index (χ3v) is 4.73. The van der Waals surface area contributed by atoms with Crippen LogP contribution in [0.2, 0.25) is 0 Å².